The van der Waals surface area contributed by atoms with Crippen molar-refractivity contribution in [1.82, 2.24) is 9.80 Å². The molecule has 7 nitrogen and oxygen atoms in total. The third-order valence-corrected chi connectivity index (χ3v) is 10.3. The Hall–Kier alpha value is -2.05. The van der Waals surface area contributed by atoms with Gasteiger partial charge in [0.2, 0.25) is 6.79 Å². The summed E-state index contributed by atoms with van der Waals surface area (Å²) in [6.07, 6.45) is 2.20. The second kappa shape index (κ2) is 5.35. The summed E-state index contributed by atoms with van der Waals surface area (Å²) in [6.45, 7) is 3.87. The van der Waals surface area contributed by atoms with Gasteiger partial charge in [0.1, 0.15) is 0 Å². The van der Waals surface area contributed by atoms with Crippen LogP contribution >= 0.6 is 21.6 Å². The summed E-state index contributed by atoms with van der Waals surface area (Å²) >= 11 is 0. The SMILES string of the molecule is C[C@]1(C#N)C[C@@]23SS[C@@](C)(C(=O)N2C1c1ccc2c(c1)OCO2)N(C1CC1)C3=O. The van der Waals surface area contributed by atoms with Crippen LogP contribution < -0.4 is 9.47 Å². The Morgan fingerprint density at radius 1 is 1.10 bits per heavy atom. The van der Waals surface area contributed by atoms with Crippen molar-refractivity contribution in [3.05, 3.63) is 23.8 Å². The van der Waals surface area contributed by atoms with Crippen LogP contribution in [0.3, 0.4) is 0 Å². The Bertz CT molecular complexity index is 1020. The van der Waals surface area contributed by atoms with E-state index in [2.05, 4.69) is 6.07 Å². The normalized spacial score (nSPS) is 39.7. The van der Waals surface area contributed by atoms with E-state index < -0.39 is 21.2 Å². The molecule has 0 N–H and O–H groups in total. The molecule has 6 aliphatic rings. The third kappa shape index (κ3) is 2.01. The maximum atomic E-state index is 13.8. The van der Waals surface area contributed by atoms with Gasteiger partial charge in [-0.05, 0) is 44.4 Å². The van der Waals surface area contributed by atoms with Crippen molar-refractivity contribution in [2.24, 2.45) is 5.41 Å². The topological polar surface area (TPSA) is 82.9 Å². The highest BCUT2D eigenvalue weighted by molar-refractivity contribution is 8.78. The van der Waals surface area contributed by atoms with Crippen LogP contribution in [0.1, 0.15) is 44.7 Å². The number of piperazine rings is 1. The van der Waals surface area contributed by atoms with Crippen LogP contribution in [-0.4, -0.2) is 44.2 Å². The lowest BCUT2D eigenvalue weighted by Crippen LogP contribution is -2.75. The van der Waals surface area contributed by atoms with Gasteiger partial charge in [-0.2, -0.15) is 5.26 Å². The number of rotatable bonds is 2. The quantitative estimate of drug-likeness (QED) is 0.668. The van der Waals surface area contributed by atoms with Crippen LogP contribution in [0.5, 0.6) is 11.5 Å². The van der Waals surface area contributed by atoms with Crippen LogP contribution in [0.25, 0.3) is 0 Å². The van der Waals surface area contributed by atoms with Crippen molar-refractivity contribution >= 4 is 33.4 Å². The molecule has 0 aromatic heterocycles. The number of hydrogen-bond acceptors (Lipinski definition) is 7. The number of benzene rings is 1. The molecule has 29 heavy (non-hydrogen) atoms. The van der Waals surface area contributed by atoms with Crippen LogP contribution in [-0.2, 0) is 9.59 Å². The molecule has 2 bridgehead atoms. The summed E-state index contributed by atoms with van der Waals surface area (Å²) in [5.41, 5.74) is -0.0896. The molecule has 9 heteroatoms. The summed E-state index contributed by atoms with van der Waals surface area (Å²) in [5, 5.41) is 10.2. The number of ether oxygens (including phenoxy) is 2. The summed E-state index contributed by atoms with van der Waals surface area (Å²) in [6, 6.07) is 7.61. The fourth-order valence-electron chi connectivity index (χ4n) is 5.22. The van der Waals surface area contributed by atoms with E-state index in [1.807, 2.05) is 36.9 Å². The molecular formula is C20H19N3O4S2. The van der Waals surface area contributed by atoms with Crippen molar-refractivity contribution in [3.8, 4) is 17.6 Å². The number of fused-ring (bicyclic) bond motifs is 3. The van der Waals surface area contributed by atoms with E-state index in [1.54, 1.807) is 4.90 Å². The predicted octanol–water partition coefficient (Wildman–Crippen LogP) is 3.03. The molecule has 5 aliphatic heterocycles. The smallest absolute Gasteiger partial charge is 0.261 e. The Kier molecular flexibility index (Phi) is 3.28. The Morgan fingerprint density at radius 2 is 1.86 bits per heavy atom. The number of nitriles is 1. The first-order chi connectivity index (χ1) is 13.8. The molecule has 1 spiro atoms. The second-order valence-electron chi connectivity index (χ2n) is 8.74. The van der Waals surface area contributed by atoms with Gasteiger partial charge in [-0.3, -0.25) is 9.59 Å². The lowest BCUT2D eigenvalue weighted by molar-refractivity contribution is -0.166. The molecule has 0 radical (unpaired) electrons. The number of carbonyl (C=O) groups excluding carboxylic acids is 2. The van der Waals surface area contributed by atoms with Gasteiger partial charge in [-0.1, -0.05) is 27.7 Å². The zero-order chi connectivity index (χ0) is 20.2. The Morgan fingerprint density at radius 3 is 2.59 bits per heavy atom. The van der Waals surface area contributed by atoms with Gasteiger partial charge in [-0.25, -0.2) is 0 Å². The zero-order valence-corrected chi connectivity index (χ0v) is 17.6. The number of nitrogens with zero attached hydrogens (tertiary/aromatic N) is 3. The molecule has 4 atom stereocenters. The molecule has 7 rings (SSSR count). The Balaban J connectivity index is 1.53. The highest BCUT2D eigenvalue weighted by Crippen LogP contribution is 2.70. The standard InChI is InChI=1S/C20H19N3O4S2/c1-18(9-21)8-20-17(25)22(12-4-5-12)19(2,28-29-20)16(24)23(20)15(18)11-3-6-13-14(7-11)27-10-26-13/h3,6-7,12,15H,4-5,8,10H2,1-2H3/t15?,18-,19+,20+/m1/s1. The molecule has 1 unspecified atom stereocenters. The first kappa shape index (κ1) is 17.8. The average Bonchev–Trinajstić information content (AvgIpc) is 3.34. The van der Waals surface area contributed by atoms with E-state index >= 15 is 0 Å². The minimum atomic E-state index is -1.03. The van der Waals surface area contributed by atoms with Crippen molar-refractivity contribution in [2.45, 2.75) is 54.9 Å². The van der Waals surface area contributed by atoms with Crippen molar-refractivity contribution in [2.75, 3.05) is 6.79 Å². The van der Waals surface area contributed by atoms with E-state index in [0.29, 0.717) is 17.9 Å². The molecule has 1 aromatic carbocycles. The van der Waals surface area contributed by atoms with Gasteiger partial charge >= 0.3 is 0 Å². The van der Waals surface area contributed by atoms with E-state index in [-0.39, 0.29) is 24.6 Å². The average molecular weight is 430 g/mol. The summed E-state index contributed by atoms with van der Waals surface area (Å²) < 4.78 is 10.9. The molecule has 1 aliphatic carbocycles. The van der Waals surface area contributed by atoms with Crippen LogP contribution in [0, 0.1) is 16.7 Å². The van der Waals surface area contributed by atoms with E-state index in [0.717, 1.165) is 18.4 Å². The first-order valence-electron chi connectivity index (χ1n) is 9.69. The van der Waals surface area contributed by atoms with Crippen molar-refractivity contribution in [1.29, 1.82) is 5.26 Å². The maximum absolute atomic E-state index is 13.8. The van der Waals surface area contributed by atoms with Crippen LogP contribution in [0.4, 0.5) is 0 Å². The fraction of sp³-hybridized carbons (Fsp3) is 0.550. The monoisotopic (exact) mass is 429 g/mol. The number of carbonyl (C=O) groups is 2. The molecule has 4 saturated heterocycles. The lowest BCUT2D eigenvalue weighted by atomic mass is 9.79. The van der Waals surface area contributed by atoms with Gasteiger partial charge in [0, 0.05) is 12.5 Å². The Labute approximate surface area is 176 Å². The third-order valence-electron chi connectivity index (χ3n) is 6.71. The van der Waals surface area contributed by atoms with E-state index in [9.17, 15) is 14.9 Å². The second-order valence-corrected chi connectivity index (χ2v) is 11.5. The highest BCUT2D eigenvalue weighted by atomic mass is 33.1. The number of amides is 2. The number of hydrogen-bond donors (Lipinski definition) is 0. The maximum Gasteiger partial charge on any atom is 0.261 e. The lowest BCUT2D eigenvalue weighted by Gasteiger charge is -2.58. The first-order valence-corrected chi connectivity index (χ1v) is 11.8. The highest BCUT2D eigenvalue weighted by Gasteiger charge is 2.76. The summed E-state index contributed by atoms with van der Waals surface area (Å²) in [5.74, 6) is 1.17. The molecule has 5 heterocycles. The van der Waals surface area contributed by atoms with Crippen LogP contribution in [0.15, 0.2) is 18.2 Å². The largest absolute Gasteiger partial charge is 0.454 e. The van der Waals surface area contributed by atoms with Crippen molar-refractivity contribution in [3.63, 3.8) is 0 Å². The van der Waals surface area contributed by atoms with Gasteiger partial charge in [0.05, 0.1) is 17.5 Å². The van der Waals surface area contributed by atoms with E-state index in [1.165, 1.54) is 21.6 Å². The molecular weight excluding hydrogens is 410 g/mol. The fourth-order valence-corrected chi connectivity index (χ4v) is 8.79. The zero-order valence-electron chi connectivity index (χ0n) is 16.0. The summed E-state index contributed by atoms with van der Waals surface area (Å²) in [7, 11) is 2.93. The molecule has 1 saturated carbocycles. The minimum Gasteiger partial charge on any atom is -0.454 e. The van der Waals surface area contributed by atoms with Crippen LogP contribution in [0.2, 0.25) is 0 Å². The van der Waals surface area contributed by atoms with Gasteiger partial charge in [0.25, 0.3) is 11.8 Å². The molecule has 150 valence electrons. The van der Waals surface area contributed by atoms with Gasteiger partial charge in [0.15, 0.2) is 21.2 Å². The molecule has 1 aromatic rings. The summed E-state index contributed by atoms with van der Waals surface area (Å²) in [4.78, 5) is 29.1. The van der Waals surface area contributed by atoms with Gasteiger partial charge < -0.3 is 19.3 Å². The molecule has 5 fully saturated rings. The minimum absolute atomic E-state index is 0.0180. The van der Waals surface area contributed by atoms with Crippen molar-refractivity contribution < 1.29 is 19.1 Å². The predicted molar refractivity (Wildman–Crippen MR) is 107 cm³/mol. The molecule has 2 amide bonds. The van der Waals surface area contributed by atoms with Gasteiger partial charge in [-0.15, -0.1) is 0 Å². The van der Waals surface area contributed by atoms with E-state index in [4.69, 9.17) is 9.47 Å².